The highest BCUT2D eigenvalue weighted by Gasteiger charge is 2.17. The van der Waals surface area contributed by atoms with Crippen LogP contribution in [-0.4, -0.2) is 39.3 Å². The lowest BCUT2D eigenvalue weighted by Gasteiger charge is -2.17. The van der Waals surface area contributed by atoms with Gasteiger partial charge in [0.05, 0.1) is 25.0 Å². The SMILES string of the molecule is COc1cc(C)cc(C(CN)n2cc(NC(=O)c3nccnc3N)cn2)c1. The van der Waals surface area contributed by atoms with E-state index >= 15 is 0 Å². The van der Waals surface area contributed by atoms with E-state index in [9.17, 15) is 4.79 Å². The first kappa shape index (κ1) is 18.3. The van der Waals surface area contributed by atoms with Crippen molar-refractivity contribution in [2.75, 3.05) is 24.7 Å². The van der Waals surface area contributed by atoms with E-state index < -0.39 is 5.91 Å². The number of anilines is 2. The van der Waals surface area contributed by atoms with Gasteiger partial charge >= 0.3 is 0 Å². The number of benzene rings is 1. The molecule has 3 rings (SSSR count). The second-order valence-electron chi connectivity index (χ2n) is 5.99. The van der Waals surface area contributed by atoms with E-state index in [1.165, 1.54) is 12.4 Å². The Balaban J connectivity index is 1.82. The lowest BCUT2D eigenvalue weighted by atomic mass is 10.0. The van der Waals surface area contributed by atoms with Crippen LogP contribution in [0.2, 0.25) is 0 Å². The number of nitrogen functional groups attached to an aromatic ring is 1. The van der Waals surface area contributed by atoms with Crippen molar-refractivity contribution in [3.63, 3.8) is 0 Å². The summed E-state index contributed by atoms with van der Waals surface area (Å²) in [4.78, 5) is 20.1. The van der Waals surface area contributed by atoms with Crippen LogP contribution in [0.5, 0.6) is 5.75 Å². The van der Waals surface area contributed by atoms with Gasteiger partial charge in [0.15, 0.2) is 11.5 Å². The minimum Gasteiger partial charge on any atom is -0.497 e. The molecule has 2 aromatic heterocycles. The number of hydrogen-bond donors (Lipinski definition) is 3. The molecule has 9 heteroatoms. The van der Waals surface area contributed by atoms with E-state index in [0.29, 0.717) is 12.2 Å². The van der Waals surface area contributed by atoms with Gasteiger partial charge in [-0.3, -0.25) is 9.48 Å². The Hall–Kier alpha value is -3.46. The number of ether oxygens (including phenoxy) is 1. The molecule has 1 amide bonds. The van der Waals surface area contributed by atoms with E-state index in [1.807, 2.05) is 25.1 Å². The molecule has 0 aliphatic rings. The number of amides is 1. The zero-order chi connectivity index (χ0) is 19.4. The van der Waals surface area contributed by atoms with Crippen molar-refractivity contribution in [3.05, 3.63) is 59.8 Å². The third-order valence-corrected chi connectivity index (χ3v) is 4.04. The average molecular weight is 367 g/mol. The highest BCUT2D eigenvalue weighted by Crippen LogP contribution is 2.24. The number of aryl methyl sites for hydroxylation is 1. The Kier molecular flexibility index (Phi) is 5.32. The highest BCUT2D eigenvalue weighted by molar-refractivity contribution is 6.05. The number of nitrogens with zero attached hydrogens (tertiary/aromatic N) is 4. The summed E-state index contributed by atoms with van der Waals surface area (Å²) in [5, 5.41) is 7.05. The summed E-state index contributed by atoms with van der Waals surface area (Å²) in [6.45, 7) is 2.32. The number of carbonyl (C=O) groups is 1. The summed E-state index contributed by atoms with van der Waals surface area (Å²) in [6.07, 6.45) is 6.08. The Morgan fingerprint density at radius 3 is 2.78 bits per heavy atom. The first-order chi connectivity index (χ1) is 13.0. The second-order valence-corrected chi connectivity index (χ2v) is 5.99. The fourth-order valence-electron chi connectivity index (χ4n) is 2.77. The minimum absolute atomic E-state index is 0.0593. The van der Waals surface area contributed by atoms with Gasteiger partial charge in [0.2, 0.25) is 0 Å². The van der Waals surface area contributed by atoms with Crippen LogP contribution in [0.3, 0.4) is 0 Å². The second kappa shape index (κ2) is 7.83. The first-order valence-electron chi connectivity index (χ1n) is 8.29. The summed E-state index contributed by atoms with van der Waals surface area (Å²) in [6, 6.07) is 5.69. The van der Waals surface area contributed by atoms with Crippen molar-refractivity contribution in [1.29, 1.82) is 0 Å². The number of rotatable bonds is 6. The smallest absolute Gasteiger partial charge is 0.278 e. The van der Waals surface area contributed by atoms with E-state index in [0.717, 1.165) is 16.9 Å². The van der Waals surface area contributed by atoms with E-state index in [1.54, 1.807) is 24.2 Å². The maximum absolute atomic E-state index is 12.3. The van der Waals surface area contributed by atoms with Crippen LogP contribution in [-0.2, 0) is 0 Å². The molecule has 27 heavy (non-hydrogen) atoms. The fourth-order valence-corrected chi connectivity index (χ4v) is 2.77. The molecule has 0 aliphatic heterocycles. The third-order valence-electron chi connectivity index (χ3n) is 4.04. The molecule has 1 aromatic carbocycles. The average Bonchev–Trinajstić information content (AvgIpc) is 3.10. The molecule has 2 heterocycles. The fraction of sp³-hybridized carbons (Fsp3) is 0.222. The van der Waals surface area contributed by atoms with Gasteiger partial charge in [0.25, 0.3) is 5.91 Å². The van der Waals surface area contributed by atoms with Crippen LogP contribution < -0.4 is 21.5 Å². The molecular weight excluding hydrogens is 346 g/mol. The molecular formula is C18H21N7O2. The van der Waals surface area contributed by atoms with Crippen molar-refractivity contribution in [2.45, 2.75) is 13.0 Å². The molecule has 0 saturated carbocycles. The van der Waals surface area contributed by atoms with Crippen molar-refractivity contribution in [3.8, 4) is 5.75 Å². The van der Waals surface area contributed by atoms with Crippen LogP contribution in [0.1, 0.15) is 27.7 Å². The van der Waals surface area contributed by atoms with Gasteiger partial charge in [-0.15, -0.1) is 0 Å². The van der Waals surface area contributed by atoms with Crippen molar-refractivity contribution < 1.29 is 9.53 Å². The number of nitrogens with one attached hydrogen (secondary N) is 1. The van der Waals surface area contributed by atoms with E-state index in [2.05, 4.69) is 20.4 Å². The van der Waals surface area contributed by atoms with Gasteiger partial charge in [-0.25, -0.2) is 9.97 Å². The van der Waals surface area contributed by atoms with Crippen LogP contribution in [0.25, 0.3) is 0 Å². The number of methoxy groups -OCH3 is 1. The van der Waals surface area contributed by atoms with Crippen LogP contribution in [0.15, 0.2) is 43.0 Å². The predicted octanol–water partition coefficient (Wildman–Crippen LogP) is 1.37. The Morgan fingerprint density at radius 1 is 1.30 bits per heavy atom. The topological polar surface area (TPSA) is 134 Å². The van der Waals surface area contributed by atoms with Gasteiger partial charge in [0.1, 0.15) is 5.75 Å². The standard InChI is InChI=1S/C18H21N7O2/c1-11-5-12(7-14(6-11)27-2)15(8-19)25-10-13(9-23-25)24-18(26)16-17(20)22-4-3-21-16/h3-7,9-10,15H,8,19H2,1-2H3,(H2,20,22)(H,24,26). The number of nitrogens with two attached hydrogens (primary N) is 2. The molecule has 9 nitrogen and oxygen atoms in total. The quantitative estimate of drug-likeness (QED) is 0.599. The summed E-state index contributed by atoms with van der Waals surface area (Å²) in [5.74, 6) is 0.359. The lowest BCUT2D eigenvalue weighted by Crippen LogP contribution is -2.21. The van der Waals surface area contributed by atoms with Crippen molar-refractivity contribution in [1.82, 2.24) is 19.7 Å². The summed E-state index contributed by atoms with van der Waals surface area (Å²) in [5.41, 5.74) is 14.2. The van der Waals surface area contributed by atoms with Gasteiger partial charge in [-0.2, -0.15) is 5.10 Å². The number of carbonyl (C=O) groups excluding carboxylic acids is 1. The number of aromatic nitrogens is 4. The monoisotopic (exact) mass is 367 g/mol. The lowest BCUT2D eigenvalue weighted by molar-refractivity contribution is 0.102. The zero-order valence-electron chi connectivity index (χ0n) is 15.1. The summed E-state index contributed by atoms with van der Waals surface area (Å²) in [7, 11) is 1.62. The van der Waals surface area contributed by atoms with Gasteiger partial charge in [0, 0.05) is 25.1 Å². The maximum atomic E-state index is 12.3. The number of hydrogen-bond acceptors (Lipinski definition) is 7. The van der Waals surface area contributed by atoms with Gasteiger partial charge < -0.3 is 21.5 Å². The van der Waals surface area contributed by atoms with Gasteiger partial charge in [-0.05, 0) is 30.2 Å². The molecule has 0 fully saturated rings. The maximum Gasteiger partial charge on any atom is 0.278 e. The van der Waals surface area contributed by atoms with Crippen LogP contribution in [0, 0.1) is 6.92 Å². The molecule has 0 aliphatic carbocycles. The molecule has 1 atom stereocenters. The molecule has 0 bridgehead atoms. The highest BCUT2D eigenvalue weighted by atomic mass is 16.5. The Labute approximate surface area is 156 Å². The van der Waals surface area contributed by atoms with Gasteiger partial charge in [-0.1, -0.05) is 6.07 Å². The van der Waals surface area contributed by atoms with Crippen LogP contribution in [0.4, 0.5) is 11.5 Å². The third kappa shape index (κ3) is 4.04. The molecule has 0 saturated heterocycles. The molecule has 0 radical (unpaired) electrons. The molecule has 5 N–H and O–H groups in total. The van der Waals surface area contributed by atoms with E-state index in [4.69, 9.17) is 16.2 Å². The predicted molar refractivity (Wildman–Crippen MR) is 102 cm³/mol. The van der Waals surface area contributed by atoms with Crippen LogP contribution >= 0.6 is 0 Å². The molecule has 0 spiro atoms. The molecule has 140 valence electrons. The normalized spacial score (nSPS) is 11.8. The van der Waals surface area contributed by atoms with E-state index in [-0.39, 0.29) is 17.6 Å². The largest absolute Gasteiger partial charge is 0.497 e. The van der Waals surface area contributed by atoms with Crippen molar-refractivity contribution in [2.24, 2.45) is 5.73 Å². The first-order valence-corrected chi connectivity index (χ1v) is 8.29. The molecule has 3 aromatic rings. The zero-order valence-corrected chi connectivity index (χ0v) is 15.1. The Bertz CT molecular complexity index is 954. The Morgan fingerprint density at radius 2 is 2.07 bits per heavy atom. The van der Waals surface area contributed by atoms with Crippen molar-refractivity contribution >= 4 is 17.4 Å². The summed E-state index contributed by atoms with van der Waals surface area (Å²) < 4.78 is 7.03. The molecule has 1 unspecified atom stereocenters. The minimum atomic E-state index is -0.457. The summed E-state index contributed by atoms with van der Waals surface area (Å²) >= 11 is 0.